The second-order valence-corrected chi connectivity index (χ2v) is 6.47. The lowest BCUT2D eigenvalue weighted by atomic mass is 10.1. The van der Waals surface area contributed by atoms with Gasteiger partial charge in [0, 0.05) is 5.92 Å². The molecule has 0 unspecified atom stereocenters. The number of amides is 1. The zero-order chi connectivity index (χ0) is 17.8. The zero-order valence-electron chi connectivity index (χ0n) is 14.3. The molecule has 0 spiro atoms. The first-order chi connectivity index (χ1) is 12.8. The Kier molecular flexibility index (Phi) is 4.64. The lowest BCUT2D eigenvalue weighted by Crippen LogP contribution is -2.25. The van der Waals surface area contributed by atoms with Gasteiger partial charge < -0.3 is 10.1 Å². The fourth-order valence-corrected chi connectivity index (χ4v) is 3.02. The average Bonchev–Trinajstić information content (AvgIpc) is 3.32. The Morgan fingerprint density at radius 3 is 2.69 bits per heavy atom. The molecule has 1 heterocycles. The molecule has 0 bridgehead atoms. The quantitative estimate of drug-likeness (QED) is 0.688. The molecule has 3 aromatic rings. The van der Waals surface area contributed by atoms with Crippen molar-refractivity contribution in [2.24, 2.45) is 5.92 Å². The van der Waals surface area contributed by atoms with Crippen molar-refractivity contribution in [2.45, 2.75) is 25.5 Å². The van der Waals surface area contributed by atoms with Crippen molar-refractivity contribution >= 4 is 5.91 Å². The number of benzene rings is 2. The van der Waals surface area contributed by atoms with Crippen molar-refractivity contribution in [2.75, 3.05) is 0 Å². The Morgan fingerprint density at radius 1 is 1.15 bits per heavy atom. The predicted octanol–water partition coefficient (Wildman–Crippen LogP) is 2.80. The van der Waals surface area contributed by atoms with Gasteiger partial charge in [-0.3, -0.25) is 4.79 Å². The molecule has 132 valence electrons. The van der Waals surface area contributed by atoms with Gasteiger partial charge in [0.1, 0.15) is 18.1 Å². The van der Waals surface area contributed by atoms with E-state index in [1.54, 1.807) is 6.20 Å². The largest absolute Gasteiger partial charge is 0.489 e. The third kappa shape index (κ3) is 3.91. The fraction of sp³-hybridized carbons (Fsp3) is 0.250. The second kappa shape index (κ2) is 7.39. The maximum atomic E-state index is 12.2. The summed E-state index contributed by atoms with van der Waals surface area (Å²) in [6.45, 7) is 0.960. The molecule has 1 aromatic heterocycles. The van der Waals surface area contributed by atoms with Crippen molar-refractivity contribution in [3.8, 4) is 5.75 Å². The molecule has 26 heavy (non-hydrogen) atoms. The van der Waals surface area contributed by atoms with Gasteiger partial charge in [-0.1, -0.05) is 42.5 Å². The third-order valence-corrected chi connectivity index (χ3v) is 4.59. The average molecular weight is 348 g/mol. The van der Waals surface area contributed by atoms with E-state index >= 15 is 0 Å². The standard InChI is InChI=1S/C20H20N4O2/c25-20(21-11-16-12-22-24-23-16)19-10-18(19)15-6-8-17(9-7-15)26-13-14-4-2-1-3-5-14/h1-9,12,18-19H,10-11,13H2,(H,21,25)(H,22,23,24)/t18-,19+/m0/s1. The molecule has 1 aliphatic carbocycles. The summed E-state index contributed by atoms with van der Waals surface area (Å²) in [5.74, 6) is 1.24. The highest BCUT2D eigenvalue weighted by Gasteiger charge is 2.43. The van der Waals surface area contributed by atoms with Gasteiger partial charge in [-0.2, -0.15) is 15.4 Å². The molecular weight excluding hydrogens is 328 g/mol. The monoisotopic (exact) mass is 348 g/mol. The number of aromatic nitrogens is 3. The van der Waals surface area contributed by atoms with Crippen molar-refractivity contribution in [1.29, 1.82) is 0 Å². The van der Waals surface area contributed by atoms with E-state index in [0.717, 1.165) is 23.4 Å². The van der Waals surface area contributed by atoms with Gasteiger partial charge in [0.25, 0.3) is 0 Å². The van der Waals surface area contributed by atoms with E-state index in [-0.39, 0.29) is 17.7 Å². The smallest absolute Gasteiger partial charge is 0.224 e. The molecule has 2 atom stereocenters. The van der Waals surface area contributed by atoms with Crippen LogP contribution in [0.25, 0.3) is 0 Å². The number of rotatable bonds is 7. The Morgan fingerprint density at radius 2 is 1.96 bits per heavy atom. The maximum Gasteiger partial charge on any atom is 0.224 e. The molecule has 0 radical (unpaired) electrons. The molecular formula is C20H20N4O2. The number of nitrogens with one attached hydrogen (secondary N) is 2. The highest BCUT2D eigenvalue weighted by atomic mass is 16.5. The highest BCUT2D eigenvalue weighted by molar-refractivity contribution is 5.82. The van der Waals surface area contributed by atoms with Gasteiger partial charge in [-0.25, -0.2) is 0 Å². The zero-order valence-corrected chi connectivity index (χ0v) is 14.3. The number of carbonyl (C=O) groups is 1. The van der Waals surface area contributed by atoms with Crippen molar-refractivity contribution < 1.29 is 9.53 Å². The first-order valence-electron chi connectivity index (χ1n) is 8.68. The first kappa shape index (κ1) is 16.3. The van der Waals surface area contributed by atoms with Crippen LogP contribution in [0, 0.1) is 5.92 Å². The van der Waals surface area contributed by atoms with Gasteiger partial charge in [0.05, 0.1) is 12.7 Å². The molecule has 0 saturated heterocycles. The molecule has 1 aliphatic rings. The van der Waals surface area contributed by atoms with E-state index in [0.29, 0.717) is 13.2 Å². The summed E-state index contributed by atoms with van der Waals surface area (Å²) in [6, 6.07) is 18.1. The third-order valence-electron chi connectivity index (χ3n) is 4.59. The van der Waals surface area contributed by atoms with Crippen LogP contribution in [0.3, 0.4) is 0 Å². The number of hydrogen-bond donors (Lipinski definition) is 2. The summed E-state index contributed by atoms with van der Waals surface area (Å²) in [7, 11) is 0. The number of ether oxygens (including phenoxy) is 1. The molecule has 1 fully saturated rings. The normalized spacial score (nSPS) is 18.3. The number of H-pyrrole nitrogens is 1. The van der Waals surface area contributed by atoms with Crippen LogP contribution >= 0.6 is 0 Å². The van der Waals surface area contributed by atoms with Crippen LogP contribution in [-0.2, 0) is 17.9 Å². The summed E-state index contributed by atoms with van der Waals surface area (Å²) < 4.78 is 5.81. The van der Waals surface area contributed by atoms with Crippen LogP contribution in [-0.4, -0.2) is 21.3 Å². The molecule has 1 amide bonds. The van der Waals surface area contributed by atoms with E-state index in [4.69, 9.17) is 4.74 Å². The van der Waals surface area contributed by atoms with Crippen LogP contribution in [0.15, 0.2) is 60.8 Å². The van der Waals surface area contributed by atoms with E-state index in [2.05, 4.69) is 32.9 Å². The van der Waals surface area contributed by atoms with E-state index in [1.807, 2.05) is 42.5 Å². The van der Waals surface area contributed by atoms with E-state index < -0.39 is 0 Å². The van der Waals surface area contributed by atoms with Crippen LogP contribution < -0.4 is 10.1 Å². The predicted molar refractivity (Wildman–Crippen MR) is 96.3 cm³/mol. The second-order valence-electron chi connectivity index (χ2n) is 6.47. The summed E-state index contributed by atoms with van der Waals surface area (Å²) in [5, 5.41) is 13.1. The van der Waals surface area contributed by atoms with Gasteiger partial charge in [0.2, 0.25) is 5.91 Å². The lowest BCUT2D eigenvalue weighted by molar-refractivity contribution is -0.122. The van der Waals surface area contributed by atoms with Gasteiger partial charge in [0.15, 0.2) is 0 Å². The molecule has 2 N–H and O–H groups in total. The lowest BCUT2D eigenvalue weighted by Gasteiger charge is -2.07. The Labute approximate surface area is 151 Å². The van der Waals surface area contributed by atoms with Gasteiger partial charge in [-0.15, -0.1) is 0 Å². The number of carbonyl (C=O) groups excluding carboxylic acids is 1. The summed E-state index contributed by atoms with van der Waals surface area (Å²) >= 11 is 0. The van der Waals surface area contributed by atoms with Gasteiger partial charge >= 0.3 is 0 Å². The topological polar surface area (TPSA) is 79.9 Å². The van der Waals surface area contributed by atoms with Crippen LogP contribution in [0.4, 0.5) is 0 Å². The molecule has 6 heteroatoms. The van der Waals surface area contributed by atoms with Crippen LogP contribution in [0.2, 0.25) is 0 Å². The Balaban J connectivity index is 1.27. The summed E-state index contributed by atoms with van der Waals surface area (Å²) in [6.07, 6.45) is 2.49. The molecule has 4 rings (SSSR count). The number of aromatic amines is 1. The molecule has 0 aliphatic heterocycles. The minimum atomic E-state index is 0.0398. The molecule has 2 aromatic carbocycles. The van der Waals surface area contributed by atoms with Crippen molar-refractivity contribution in [3.05, 3.63) is 77.6 Å². The summed E-state index contributed by atoms with van der Waals surface area (Å²) in [4.78, 5) is 12.2. The number of hydrogen-bond acceptors (Lipinski definition) is 4. The maximum absolute atomic E-state index is 12.2. The Bertz CT molecular complexity index is 847. The fourth-order valence-electron chi connectivity index (χ4n) is 3.02. The Hall–Kier alpha value is -3.15. The van der Waals surface area contributed by atoms with Crippen LogP contribution in [0.5, 0.6) is 5.75 Å². The molecule has 1 saturated carbocycles. The summed E-state index contributed by atoms with van der Waals surface area (Å²) in [5.41, 5.74) is 3.05. The van der Waals surface area contributed by atoms with Crippen molar-refractivity contribution in [3.63, 3.8) is 0 Å². The minimum absolute atomic E-state index is 0.0398. The first-order valence-corrected chi connectivity index (χ1v) is 8.68. The van der Waals surface area contributed by atoms with Crippen LogP contribution in [0.1, 0.15) is 29.2 Å². The van der Waals surface area contributed by atoms with Crippen molar-refractivity contribution in [1.82, 2.24) is 20.7 Å². The van der Waals surface area contributed by atoms with E-state index in [1.165, 1.54) is 5.56 Å². The highest BCUT2D eigenvalue weighted by Crippen LogP contribution is 2.47. The number of nitrogens with zero attached hydrogens (tertiary/aromatic N) is 2. The SMILES string of the molecule is O=C(NCc1cn[nH]n1)[C@@H]1C[C@H]1c1ccc(OCc2ccccc2)cc1. The minimum Gasteiger partial charge on any atom is -0.489 e. The van der Waals surface area contributed by atoms with E-state index in [9.17, 15) is 4.79 Å². The molecule has 6 nitrogen and oxygen atoms in total. The van der Waals surface area contributed by atoms with Gasteiger partial charge in [-0.05, 0) is 35.6 Å².